The predicted octanol–water partition coefficient (Wildman–Crippen LogP) is 4.51. The van der Waals surface area contributed by atoms with Crippen LogP contribution in [0.1, 0.15) is 36.8 Å². The average Bonchev–Trinajstić information content (AvgIpc) is 2.83. The van der Waals surface area contributed by atoms with Gasteiger partial charge in [-0.1, -0.05) is 36.4 Å². The maximum Gasteiger partial charge on any atom is 0.133 e. The van der Waals surface area contributed by atoms with Crippen molar-refractivity contribution in [2.24, 2.45) is 0 Å². The Morgan fingerprint density at radius 3 is 2.28 bits per heavy atom. The highest BCUT2D eigenvalue weighted by molar-refractivity contribution is 5.83. The fraction of sp³-hybridized carbons (Fsp3) is 0.346. The van der Waals surface area contributed by atoms with E-state index in [0.717, 1.165) is 16.5 Å². The van der Waals surface area contributed by atoms with Crippen LogP contribution in [0.2, 0.25) is 0 Å². The van der Waals surface area contributed by atoms with Crippen LogP contribution in [0.4, 0.5) is 4.39 Å². The lowest BCUT2D eigenvalue weighted by atomic mass is 9.79. The second-order valence-electron chi connectivity index (χ2n) is 7.83. The molecular weight excluding hydrogens is 411 g/mol. The molecule has 1 fully saturated rings. The summed E-state index contributed by atoms with van der Waals surface area (Å²) in [5.74, 6) is 0.340. The van der Waals surface area contributed by atoms with Gasteiger partial charge in [0.25, 0.3) is 0 Å². The highest BCUT2D eigenvalue weighted by atomic mass is 19.1. The minimum atomic E-state index is -0.628. The van der Waals surface area contributed by atoms with Crippen molar-refractivity contribution >= 4 is 16.6 Å². The van der Waals surface area contributed by atoms with Crippen LogP contribution in [0.15, 0.2) is 60.7 Å². The summed E-state index contributed by atoms with van der Waals surface area (Å²) in [7, 11) is 1.62. The van der Waals surface area contributed by atoms with Crippen LogP contribution in [-0.2, 0) is 21.7 Å². The Hall–Kier alpha value is -2.80. The smallest absolute Gasteiger partial charge is 0.133 e. The van der Waals surface area contributed by atoms with E-state index in [4.69, 9.17) is 19.7 Å². The second-order valence-corrected chi connectivity index (χ2v) is 7.83. The maximum absolute atomic E-state index is 14.3. The zero-order chi connectivity index (χ0) is 23.0. The maximum atomic E-state index is 14.3. The van der Waals surface area contributed by atoms with E-state index >= 15 is 0 Å². The van der Waals surface area contributed by atoms with Gasteiger partial charge in [0.15, 0.2) is 0 Å². The molecule has 0 bridgehead atoms. The highest BCUT2D eigenvalue weighted by Crippen LogP contribution is 2.40. The van der Waals surface area contributed by atoms with Crippen molar-refractivity contribution in [3.8, 4) is 5.75 Å². The number of ketones is 1. The van der Waals surface area contributed by atoms with Gasteiger partial charge in [0, 0.05) is 26.0 Å². The number of Topliss-reactive ketones (excluding diaryl/α,β-unsaturated/α-hetero) is 1. The minimum Gasteiger partial charge on any atom is -0.489 e. The molecule has 2 N–H and O–H groups in total. The summed E-state index contributed by atoms with van der Waals surface area (Å²) < 4.78 is 26.0. The topological polar surface area (TPSA) is 76.0 Å². The molecule has 0 aliphatic heterocycles. The number of ether oxygens (including phenoxy) is 2. The molecule has 6 heteroatoms. The van der Waals surface area contributed by atoms with Crippen molar-refractivity contribution in [2.45, 2.75) is 37.9 Å². The van der Waals surface area contributed by atoms with Gasteiger partial charge in [-0.3, -0.25) is 4.79 Å². The lowest BCUT2D eigenvalue weighted by Crippen LogP contribution is -2.34. The fourth-order valence-corrected chi connectivity index (χ4v) is 3.95. The summed E-state index contributed by atoms with van der Waals surface area (Å²) in [5.41, 5.74) is 1.13. The Morgan fingerprint density at radius 1 is 0.938 bits per heavy atom. The van der Waals surface area contributed by atoms with Gasteiger partial charge in [0.05, 0.1) is 18.8 Å². The standard InChI is InChI=1S/C24H23FO3.C2H6O2/c1-27-24(10-8-22(26)9-11-24)20-13-21(25)15-23(14-20)28-16-17-6-7-18-4-2-3-5-19(18)12-17;3-1-2-4/h2-7,12-15H,8-11,16H2,1H3;3-4H,1-2H2. The predicted molar refractivity (Wildman–Crippen MR) is 121 cm³/mol. The molecule has 4 rings (SSSR count). The first-order valence-corrected chi connectivity index (χ1v) is 10.7. The van der Waals surface area contributed by atoms with E-state index in [1.54, 1.807) is 7.11 Å². The van der Waals surface area contributed by atoms with Crippen LogP contribution >= 0.6 is 0 Å². The van der Waals surface area contributed by atoms with Crippen LogP contribution < -0.4 is 4.74 Å². The number of fused-ring (bicyclic) bond motifs is 1. The Labute approximate surface area is 187 Å². The molecule has 3 aromatic carbocycles. The minimum absolute atomic E-state index is 0.125. The molecule has 0 heterocycles. The first-order valence-electron chi connectivity index (χ1n) is 10.7. The first-order chi connectivity index (χ1) is 15.5. The summed E-state index contributed by atoms with van der Waals surface area (Å²) in [6.45, 7) is 0.103. The molecule has 170 valence electrons. The van der Waals surface area contributed by atoms with E-state index < -0.39 is 5.60 Å². The van der Waals surface area contributed by atoms with Crippen LogP contribution in [0.5, 0.6) is 5.75 Å². The lowest BCUT2D eigenvalue weighted by molar-refractivity contribution is -0.127. The van der Waals surface area contributed by atoms with E-state index in [1.807, 2.05) is 24.3 Å². The summed E-state index contributed by atoms with van der Waals surface area (Å²) >= 11 is 0. The Morgan fingerprint density at radius 2 is 1.62 bits per heavy atom. The van der Waals surface area contributed by atoms with E-state index in [9.17, 15) is 9.18 Å². The average molecular weight is 441 g/mol. The molecular formula is C26H29FO5. The van der Waals surface area contributed by atoms with Crippen LogP contribution in [-0.4, -0.2) is 36.3 Å². The summed E-state index contributed by atoms with van der Waals surface area (Å²) in [4.78, 5) is 11.6. The Bertz CT molecular complexity index is 1040. The third kappa shape index (κ3) is 5.91. The number of carbonyl (C=O) groups excluding carboxylic acids is 1. The summed E-state index contributed by atoms with van der Waals surface area (Å²) in [6, 6.07) is 19.0. The Balaban J connectivity index is 0.000000668. The Kier molecular flexibility index (Phi) is 8.33. The van der Waals surface area contributed by atoms with Crippen LogP contribution in [0.3, 0.4) is 0 Å². The van der Waals surface area contributed by atoms with Gasteiger partial charge < -0.3 is 19.7 Å². The van der Waals surface area contributed by atoms with Crippen molar-refractivity contribution in [1.29, 1.82) is 0 Å². The van der Waals surface area contributed by atoms with Crippen LogP contribution in [0, 0.1) is 5.82 Å². The number of hydrogen-bond donors (Lipinski definition) is 2. The van der Waals surface area contributed by atoms with E-state index in [0.29, 0.717) is 38.0 Å². The molecule has 1 aliphatic rings. The number of methoxy groups -OCH3 is 1. The fourth-order valence-electron chi connectivity index (χ4n) is 3.95. The molecule has 3 aromatic rings. The molecule has 0 unspecified atom stereocenters. The number of aliphatic hydroxyl groups is 2. The van der Waals surface area contributed by atoms with Gasteiger partial charge in [-0.15, -0.1) is 0 Å². The van der Waals surface area contributed by atoms with Gasteiger partial charge in [-0.2, -0.15) is 0 Å². The molecule has 0 saturated heterocycles. The van der Waals surface area contributed by atoms with E-state index in [2.05, 4.69) is 24.3 Å². The molecule has 0 atom stereocenters. The zero-order valence-electron chi connectivity index (χ0n) is 18.2. The molecule has 0 aromatic heterocycles. The van der Waals surface area contributed by atoms with E-state index in [-0.39, 0.29) is 24.8 Å². The molecule has 1 aliphatic carbocycles. The van der Waals surface area contributed by atoms with Gasteiger partial charge in [0.1, 0.15) is 24.0 Å². The van der Waals surface area contributed by atoms with Crippen LogP contribution in [0.25, 0.3) is 10.8 Å². The molecule has 1 saturated carbocycles. The number of rotatable bonds is 6. The summed E-state index contributed by atoms with van der Waals surface area (Å²) in [6.07, 6.45) is 2.04. The van der Waals surface area contributed by atoms with Crippen molar-refractivity contribution in [1.82, 2.24) is 0 Å². The normalized spacial score (nSPS) is 15.2. The van der Waals surface area contributed by atoms with Crippen molar-refractivity contribution in [3.05, 3.63) is 77.6 Å². The van der Waals surface area contributed by atoms with Gasteiger partial charge >= 0.3 is 0 Å². The molecule has 5 nitrogen and oxygen atoms in total. The third-order valence-electron chi connectivity index (χ3n) is 5.72. The number of hydrogen-bond acceptors (Lipinski definition) is 5. The molecule has 0 spiro atoms. The molecule has 0 amide bonds. The first kappa shape index (κ1) is 23.9. The molecule has 0 radical (unpaired) electrons. The third-order valence-corrected chi connectivity index (χ3v) is 5.72. The SMILES string of the molecule is COC1(c2cc(F)cc(OCc3ccc4ccccc4c3)c2)CCC(=O)CC1.OCCO. The lowest BCUT2D eigenvalue weighted by Gasteiger charge is -2.36. The van der Waals surface area contributed by atoms with E-state index in [1.165, 1.54) is 17.5 Å². The quantitative estimate of drug-likeness (QED) is 0.590. The number of halogens is 1. The van der Waals surface area contributed by atoms with Gasteiger partial charge in [-0.05, 0) is 52.9 Å². The van der Waals surface area contributed by atoms with Crippen molar-refractivity contribution in [2.75, 3.05) is 20.3 Å². The summed E-state index contributed by atoms with van der Waals surface area (Å²) in [5, 5.41) is 17.6. The second kappa shape index (κ2) is 11.2. The largest absolute Gasteiger partial charge is 0.489 e. The number of carbonyl (C=O) groups is 1. The van der Waals surface area contributed by atoms with Gasteiger partial charge in [0.2, 0.25) is 0 Å². The van der Waals surface area contributed by atoms with Crippen molar-refractivity contribution in [3.63, 3.8) is 0 Å². The number of benzene rings is 3. The molecule has 32 heavy (non-hydrogen) atoms. The van der Waals surface area contributed by atoms with Gasteiger partial charge in [-0.25, -0.2) is 4.39 Å². The zero-order valence-corrected chi connectivity index (χ0v) is 18.2. The number of aliphatic hydroxyl groups excluding tert-OH is 2. The highest BCUT2D eigenvalue weighted by Gasteiger charge is 2.37. The monoisotopic (exact) mass is 440 g/mol. The van der Waals surface area contributed by atoms with Crippen molar-refractivity contribution < 1.29 is 28.9 Å².